The van der Waals surface area contributed by atoms with E-state index >= 15 is 0 Å². The maximum absolute atomic E-state index is 5.75. The molecule has 1 saturated heterocycles. The Morgan fingerprint density at radius 1 is 1.06 bits per heavy atom. The zero-order valence-electron chi connectivity index (χ0n) is 18.9. The first-order valence-corrected chi connectivity index (χ1v) is 11.0. The van der Waals surface area contributed by atoms with Crippen molar-refractivity contribution in [3.63, 3.8) is 0 Å². The molecule has 1 fully saturated rings. The molecular formula is C25H35IN4O2. The second kappa shape index (κ2) is 14.9. The average Bonchev–Trinajstić information content (AvgIpc) is 2.81. The number of hydrogen-bond donors (Lipinski definition) is 2. The van der Waals surface area contributed by atoms with Gasteiger partial charge in [0.1, 0.15) is 12.4 Å². The Balaban J connectivity index is 0.00000363. The summed E-state index contributed by atoms with van der Waals surface area (Å²) in [6.45, 7) is 12.9. The molecule has 3 rings (SSSR count). The minimum atomic E-state index is 0. The van der Waals surface area contributed by atoms with E-state index in [1.54, 1.807) is 6.08 Å². The molecule has 0 saturated carbocycles. The second-order valence-corrected chi connectivity index (χ2v) is 7.41. The van der Waals surface area contributed by atoms with Crippen molar-refractivity contribution in [1.82, 2.24) is 15.5 Å². The number of benzene rings is 2. The van der Waals surface area contributed by atoms with Gasteiger partial charge in [0, 0.05) is 38.3 Å². The zero-order valence-corrected chi connectivity index (χ0v) is 21.2. The van der Waals surface area contributed by atoms with E-state index in [2.05, 4.69) is 53.3 Å². The minimum absolute atomic E-state index is 0. The summed E-state index contributed by atoms with van der Waals surface area (Å²) in [6.07, 6.45) is 1.75. The molecule has 1 aliphatic heterocycles. The van der Waals surface area contributed by atoms with Crippen molar-refractivity contribution in [2.24, 2.45) is 4.99 Å². The Hall–Kier alpha value is -2.10. The minimum Gasteiger partial charge on any atom is -0.489 e. The lowest BCUT2D eigenvalue weighted by Crippen LogP contribution is -2.38. The predicted octanol–water partition coefficient (Wildman–Crippen LogP) is 3.96. The van der Waals surface area contributed by atoms with Crippen LogP contribution in [0.3, 0.4) is 0 Å². The van der Waals surface area contributed by atoms with E-state index in [9.17, 15) is 0 Å². The lowest BCUT2D eigenvalue weighted by atomic mass is 10.1. The van der Waals surface area contributed by atoms with Crippen molar-refractivity contribution in [2.75, 3.05) is 39.5 Å². The van der Waals surface area contributed by atoms with Gasteiger partial charge < -0.3 is 20.1 Å². The summed E-state index contributed by atoms with van der Waals surface area (Å²) >= 11 is 0. The van der Waals surface area contributed by atoms with Gasteiger partial charge in [0.2, 0.25) is 0 Å². The van der Waals surface area contributed by atoms with Gasteiger partial charge in [-0.3, -0.25) is 4.90 Å². The third-order valence-electron chi connectivity index (χ3n) is 5.14. The molecule has 0 atom stereocenters. The molecule has 0 aromatic heterocycles. The molecule has 7 heteroatoms. The fourth-order valence-corrected chi connectivity index (χ4v) is 3.49. The van der Waals surface area contributed by atoms with E-state index in [4.69, 9.17) is 14.5 Å². The quantitative estimate of drug-likeness (QED) is 0.203. The van der Waals surface area contributed by atoms with Crippen LogP contribution in [0, 0.1) is 0 Å². The van der Waals surface area contributed by atoms with Crippen LogP contribution in [-0.4, -0.2) is 50.3 Å². The van der Waals surface area contributed by atoms with Crippen LogP contribution in [0.25, 0.3) is 0 Å². The van der Waals surface area contributed by atoms with Gasteiger partial charge in [0.15, 0.2) is 5.96 Å². The Morgan fingerprint density at radius 2 is 1.75 bits per heavy atom. The number of rotatable bonds is 10. The van der Waals surface area contributed by atoms with E-state index < -0.39 is 0 Å². The van der Waals surface area contributed by atoms with Gasteiger partial charge in [-0.1, -0.05) is 55.1 Å². The highest BCUT2D eigenvalue weighted by Crippen LogP contribution is 2.19. The molecule has 2 N–H and O–H groups in total. The molecule has 32 heavy (non-hydrogen) atoms. The Morgan fingerprint density at radius 3 is 2.47 bits per heavy atom. The van der Waals surface area contributed by atoms with Crippen molar-refractivity contribution < 1.29 is 9.47 Å². The third kappa shape index (κ3) is 8.44. The normalized spacial score (nSPS) is 14.3. The van der Waals surface area contributed by atoms with Crippen molar-refractivity contribution in [2.45, 2.75) is 26.6 Å². The molecule has 2 aromatic rings. The van der Waals surface area contributed by atoms with Crippen LogP contribution in [0.4, 0.5) is 0 Å². The van der Waals surface area contributed by atoms with Crippen LogP contribution in [0.15, 0.2) is 66.2 Å². The third-order valence-corrected chi connectivity index (χ3v) is 5.14. The summed E-state index contributed by atoms with van der Waals surface area (Å²) in [7, 11) is 0. The standard InChI is InChI=1S/C25H34N4O2.HI/c1-3-15-31-24-12-8-7-10-22(24)19-28-25(26-4-2)27-18-21-9-5-6-11-23(21)20-29-13-16-30-17-14-29;/h3,5-12H,1,4,13-20H2,2H3,(H2,26,27,28);1H. The highest BCUT2D eigenvalue weighted by Gasteiger charge is 2.13. The summed E-state index contributed by atoms with van der Waals surface area (Å²) in [5, 5.41) is 6.83. The Labute approximate surface area is 209 Å². The lowest BCUT2D eigenvalue weighted by molar-refractivity contribution is 0.0341. The summed E-state index contributed by atoms with van der Waals surface area (Å²) in [5.41, 5.74) is 3.68. The van der Waals surface area contributed by atoms with Crippen LogP contribution >= 0.6 is 24.0 Å². The van der Waals surface area contributed by atoms with Crippen molar-refractivity contribution in [1.29, 1.82) is 0 Å². The van der Waals surface area contributed by atoms with Crippen molar-refractivity contribution in [3.05, 3.63) is 77.9 Å². The molecule has 0 radical (unpaired) electrons. The van der Waals surface area contributed by atoms with Crippen LogP contribution in [0.5, 0.6) is 5.75 Å². The van der Waals surface area contributed by atoms with Crippen molar-refractivity contribution in [3.8, 4) is 5.75 Å². The first-order chi connectivity index (χ1) is 15.3. The fraction of sp³-hybridized carbons (Fsp3) is 0.400. The molecule has 2 aromatic carbocycles. The first kappa shape index (κ1) is 26.2. The van der Waals surface area contributed by atoms with Crippen LogP contribution in [0.2, 0.25) is 0 Å². The SMILES string of the molecule is C=CCOc1ccccc1CN=C(NCC)NCc1ccccc1CN1CCOCC1.I. The van der Waals surface area contributed by atoms with Gasteiger partial charge in [-0.25, -0.2) is 4.99 Å². The monoisotopic (exact) mass is 550 g/mol. The van der Waals surface area contributed by atoms with E-state index in [-0.39, 0.29) is 24.0 Å². The van der Waals surface area contributed by atoms with Crippen LogP contribution in [0.1, 0.15) is 23.6 Å². The maximum atomic E-state index is 5.75. The molecule has 0 aliphatic carbocycles. The molecule has 0 unspecified atom stereocenters. The number of morpholine rings is 1. The first-order valence-electron chi connectivity index (χ1n) is 11.0. The molecule has 0 bridgehead atoms. The number of guanidine groups is 1. The number of para-hydroxylation sites is 1. The topological polar surface area (TPSA) is 58.1 Å². The molecule has 0 spiro atoms. The molecule has 6 nitrogen and oxygen atoms in total. The van der Waals surface area contributed by atoms with Gasteiger partial charge in [-0.05, 0) is 24.1 Å². The molecule has 0 amide bonds. The predicted molar refractivity (Wildman–Crippen MR) is 142 cm³/mol. The Bertz CT molecular complexity index is 853. The summed E-state index contributed by atoms with van der Waals surface area (Å²) in [6, 6.07) is 16.6. The number of halogens is 1. The molecule has 1 heterocycles. The van der Waals surface area contributed by atoms with Crippen LogP contribution < -0.4 is 15.4 Å². The van der Waals surface area contributed by atoms with Gasteiger partial charge in [-0.15, -0.1) is 24.0 Å². The second-order valence-electron chi connectivity index (χ2n) is 7.41. The average molecular weight is 550 g/mol. The molecule has 174 valence electrons. The largest absolute Gasteiger partial charge is 0.489 e. The maximum Gasteiger partial charge on any atom is 0.191 e. The smallest absolute Gasteiger partial charge is 0.191 e. The van der Waals surface area contributed by atoms with Gasteiger partial charge in [0.25, 0.3) is 0 Å². The number of hydrogen-bond acceptors (Lipinski definition) is 4. The van der Waals surface area contributed by atoms with Gasteiger partial charge in [0.05, 0.1) is 19.8 Å². The lowest BCUT2D eigenvalue weighted by Gasteiger charge is -2.27. The van der Waals surface area contributed by atoms with E-state index in [1.165, 1.54) is 11.1 Å². The molecular weight excluding hydrogens is 515 g/mol. The summed E-state index contributed by atoms with van der Waals surface area (Å²) < 4.78 is 11.2. The Kier molecular flexibility index (Phi) is 12.2. The van der Waals surface area contributed by atoms with E-state index in [0.717, 1.165) is 63.2 Å². The van der Waals surface area contributed by atoms with E-state index in [0.29, 0.717) is 13.2 Å². The number of aliphatic imine (C=N–C) groups is 1. The number of nitrogens with one attached hydrogen (secondary N) is 2. The van der Waals surface area contributed by atoms with E-state index in [1.807, 2.05) is 24.3 Å². The summed E-state index contributed by atoms with van der Waals surface area (Å²) in [4.78, 5) is 7.22. The number of nitrogens with zero attached hydrogens (tertiary/aromatic N) is 2. The van der Waals surface area contributed by atoms with Gasteiger partial charge in [-0.2, -0.15) is 0 Å². The highest BCUT2D eigenvalue weighted by molar-refractivity contribution is 14.0. The number of ether oxygens (including phenoxy) is 2. The zero-order chi connectivity index (χ0) is 21.7. The van der Waals surface area contributed by atoms with Gasteiger partial charge >= 0.3 is 0 Å². The van der Waals surface area contributed by atoms with Crippen LogP contribution in [-0.2, 0) is 24.4 Å². The highest BCUT2D eigenvalue weighted by atomic mass is 127. The molecule has 1 aliphatic rings. The van der Waals surface area contributed by atoms with Crippen molar-refractivity contribution >= 4 is 29.9 Å². The summed E-state index contributed by atoms with van der Waals surface area (Å²) in [5.74, 6) is 1.64. The fourth-order valence-electron chi connectivity index (χ4n) is 3.49.